The first-order valence-corrected chi connectivity index (χ1v) is 10.3. The molecule has 10 heteroatoms. The lowest BCUT2D eigenvalue weighted by atomic mass is 10.1. The van der Waals surface area contributed by atoms with Crippen molar-refractivity contribution < 1.29 is 26.7 Å². The van der Waals surface area contributed by atoms with Crippen LogP contribution in [0, 0.1) is 18.6 Å². The Bertz CT molecular complexity index is 1220. The quantitative estimate of drug-likeness (QED) is 0.613. The molecule has 0 aliphatic rings. The number of nitrogens with one attached hydrogen (secondary N) is 1. The van der Waals surface area contributed by atoms with E-state index in [4.69, 9.17) is 0 Å². The van der Waals surface area contributed by atoms with E-state index in [1.54, 1.807) is 31.3 Å². The summed E-state index contributed by atoms with van der Waals surface area (Å²) in [6.45, 7) is 1.63. The van der Waals surface area contributed by atoms with Crippen LogP contribution in [-0.2, 0) is 20.3 Å². The van der Waals surface area contributed by atoms with E-state index in [0.29, 0.717) is 28.5 Å². The second-order valence-corrected chi connectivity index (χ2v) is 8.31. The molecule has 0 fully saturated rings. The Hall–Kier alpha value is -3.40. The van der Waals surface area contributed by atoms with Crippen LogP contribution >= 0.6 is 0 Å². The van der Waals surface area contributed by atoms with Gasteiger partial charge in [-0.2, -0.15) is 0 Å². The minimum Gasteiger partial charge on any atom is -0.453 e. The lowest BCUT2D eigenvalue weighted by Gasteiger charge is -2.11. The van der Waals surface area contributed by atoms with Crippen LogP contribution in [0.5, 0.6) is 0 Å². The van der Waals surface area contributed by atoms with Gasteiger partial charge in [-0.15, -0.1) is 0 Å². The number of carbonyl (C=O) groups is 1. The van der Waals surface area contributed by atoms with Gasteiger partial charge in [-0.1, -0.05) is 0 Å². The van der Waals surface area contributed by atoms with E-state index in [-0.39, 0.29) is 5.82 Å². The Balaban J connectivity index is 1.94. The highest BCUT2D eigenvalue weighted by Gasteiger charge is 2.22. The average Bonchev–Trinajstić information content (AvgIpc) is 2.69. The van der Waals surface area contributed by atoms with E-state index < -0.39 is 38.2 Å². The van der Waals surface area contributed by atoms with Gasteiger partial charge in [0.1, 0.15) is 22.3 Å². The zero-order chi connectivity index (χ0) is 21.9. The molecule has 0 spiro atoms. The maximum atomic E-state index is 14.0. The molecule has 0 unspecified atom stereocenters. The molecule has 3 rings (SSSR count). The molecule has 2 aromatic heterocycles. The number of amides is 1. The fraction of sp³-hybridized carbons (Fsp3) is 0.150. The van der Waals surface area contributed by atoms with Crippen molar-refractivity contribution in [2.45, 2.75) is 17.6 Å². The number of anilines is 1. The normalized spacial score (nSPS) is 11.2. The Labute approximate surface area is 171 Å². The second kappa shape index (κ2) is 8.54. The molecular weight excluding hydrogens is 416 g/mol. The molecule has 0 aliphatic carbocycles. The van der Waals surface area contributed by atoms with Crippen molar-refractivity contribution >= 4 is 21.7 Å². The van der Waals surface area contributed by atoms with Gasteiger partial charge in [-0.25, -0.2) is 27.0 Å². The Morgan fingerprint density at radius 1 is 1.10 bits per heavy atom. The number of carbonyl (C=O) groups excluding carboxylic acids is 1. The SMILES string of the molecule is COC(=O)Nc1cc(-c2cnc(C)c(CS(=O)(=O)c3ccc(F)cc3F)c2)ccn1. The summed E-state index contributed by atoms with van der Waals surface area (Å²) in [5.41, 5.74) is 2.00. The summed E-state index contributed by atoms with van der Waals surface area (Å²) in [6, 6.07) is 7.16. The van der Waals surface area contributed by atoms with Crippen LogP contribution < -0.4 is 5.32 Å². The number of pyridine rings is 2. The summed E-state index contributed by atoms with van der Waals surface area (Å²) >= 11 is 0. The van der Waals surface area contributed by atoms with Gasteiger partial charge in [-0.05, 0) is 48.4 Å². The largest absolute Gasteiger partial charge is 0.453 e. The molecule has 156 valence electrons. The molecular formula is C20H17F2N3O4S. The number of aryl methyl sites for hydroxylation is 1. The third-order valence-electron chi connectivity index (χ3n) is 4.28. The van der Waals surface area contributed by atoms with Gasteiger partial charge in [0.25, 0.3) is 0 Å². The molecule has 30 heavy (non-hydrogen) atoms. The first kappa shape index (κ1) is 21.3. The van der Waals surface area contributed by atoms with Crippen molar-refractivity contribution in [2.75, 3.05) is 12.4 Å². The molecule has 2 heterocycles. The molecule has 0 saturated carbocycles. The van der Waals surface area contributed by atoms with Crippen molar-refractivity contribution in [3.8, 4) is 11.1 Å². The van der Waals surface area contributed by atoms with Crippen LogP contribution in [-0.4, -0.2) is 31.6 Å². The van der Waals surface area contributed by atoms with Crippen molar-refractivity contribution in [1.82, 2.24) is 9.97 Å². The number of sulfone groups is 1. The number of methoxy groups -OCH3 is 1. The minimum absolute atomic E-state index is 0.238. The summed E-state index contributed by atoms with van der Waals surface area (Å²) < 4.78 is 57.0. The number of aromatic nitrogens is 2. The van der Waals surface area contributed by atoms with Gasteiger partial charge < -0.3 is 4.74 Å². The lowest BCUT2D eigenvalue weighted by molar-refractivity contribution is 0.187. The third-order valence-corrected chi connectivity index (χ3v) is 5.97. The molecule has 0 radical (unpaired) electrons. The predicted octanol–water partition coefficient (Wildman–Crippen LogP) is 3.88. The van der Waals surface area contributed by atoms with Crippen LogP contribution in [0.3, 0.4) is 0 Å². The summed E-state index contributed by atoms with van der Waals surface area (Å²) in [6.07, 6.45) is 2.32. The maximum Gasteiger partial charge on any atom is 0.412 e. The Morgan fingerprint density at radius 3 is 2.57 bits per heavy atom. The zero-order valence-electron chi connectivity index (χ0n) is 16.0. The van der Waals surface area contributed by atoms with Gasteiger partial charge in [-0.3, -0.25) is 10.3 Å². The van der Waals surface area contributed by atoms with Crippen molar-refractivity contribution in [1.29, 1.82) is 0 Å². The molecule has 0 aliphatic heterocycles. The summed E-state index contributed by atoms with van der Waals surface area (Å²) in [4.78, 5) is 19.0. The van der Waals surface area contributed by atoms with Crippen LogP contribution in [0.1, 0.15) is 11.3 Å². The molecule has 0 bridgehead atoms. The minimum atomic E-state index is -4.08. The third kappa shape index (κ3) is 4.77. The summed E-state index contributed by atoms with van der Waals surface area (Å²) in [7, 11) is -2.86. The predicted molar refractivity (Wildman–Crippen MR) is 105 cm³/mol. The zero-order valence-corrected chi connectivity index (χ0v) is 16.8. The topological polar surface area (TPSA) is 98.2 Å². The maximum absolute atomic E-state index is 14.0. The highest BCUT2D eigenvalue weighted by Crippen LogP contribution is 2.26. The molecule has 0 saturated heterocycles. The van der Waals surface area contributed by atoms with E-state index in [0.717, 1.165) is 12.1 Å². The van der Waals surface area contributed by atoms with Crippen molar-refractivity contribution in [2.24, 2.45) is 0 Å². The number of halogens is 2. The van der Waals surface area contributed by atoms with Crippen LogP contribution in [0.2, 0.25) is 0 Å². The van der Waals surface area contributed by atoms with Gasteiger partial charge >= 0.3 is 6.09 Å². The highest BCUT2D eigenvalue weighted by molar-refractivity contribution is 7.90. The average molecular weight is 433 g/mol. The van der Waals surface area contributed by atoms with Crippen molar-refractivity contribution in [3.63, 3.8) is 0 Å². The van der Waals surface area contributed by atoms with E-state index in [1.807, 2.05) is 0 Å². The molecule has 1 amide bonds. The van der Waals surface area contributed by atoms with E-state index in [1.165, 1.54) is 13.3 Å². The summed E-state index contributed by atoms with van der Waals surface area (Å²) in [5, 5.41) is 2.44. The van der Waals surface area contributed by atoms with Crippen LogP contribution in [0.25, 0.3) is 11.1 Å². The smallest absolute Gasteiger partial charge is 0.412 e. The molecule has 7 nitrogen and oxygen atoms in total. The highest BCUT2D eigenvalue weighted by atomic mass is 32.2. The number of benzene rings is 1. The Kier molecular flexibility index (Phi) is 6.06. The first-order valence-electron chi connectivity index (χ1n) is 8.64. The van der Waals surface area contributed by atoms with Gasteiger partial charge in [0.05, 0.1) is 12.9 Å². The lowest BCUT2D eigenvalue weighted by Crippen LogP contribution is -2.12. The molecule has 1 aromatic carbocycles. The van der Waals surface area contributed by atoms with E-state index in [2.05, 4.69) is 20.0 Å². The fourth-order valence-electron chi connectivity index (χ4n) is 2.73. The number of hydrogen-bond donors (Lipinski definition) is 1. The van der Waals surface area contributed by atoms with Gasteiger partial charge in [0.15, 0.2) is 9.84 Å². The monoisotopic (exact) mass is 433 g/mol. The van der Waals surface area contributed by atoms with Crippen molar-refractivity contribution in [3.05, 3.63) is 71.7 Å². The number of hydrogen-bond acceptors (Lipinski definition) is 6. The van der Waals surface area contributed by atoms with Crippen LogP contribution in [0.15, 0.2) is 53.7 Å². The first-order chi connectivity index (χ1) is 14.2. The van der Waals surface area contributed by atoms with Gasteiger partial charge in [0.2, 0.25) is 0 Å². The van der Waals surface area contributed by atoms with E-state index >= 15 is 0 Å². The van der Waals surface area contributed by atoms with E-state index in [9.17, 15) is 22.0 Å². The number of ether oxygens (including phenoxy) is 1. The van der Waals surface area contributed by atoms with Gasteiger partial charge in [0, 0.05) is 29.7 Å². The Morgan fingerprint density at radius 2 is 1.87 bits per heavy atom. The summed E-state index contributed by atoms with van der Waals surface area (Å²) in [5.74, 6) is -2.28. The molecule has 1 N–H and O–H groups in total. The van der Waals surface area contributed by atoms with Crippen LogP contribution in [0.4, 0.5) is 19.4 Å². The standard InChI is InChI=1S/C20H17F2N3O4S/c1-12-15(11-30(27,28)18-4-3-16(21)9-17(18)22)7-14(10-24-12)13-5-6-23-19(8-13)25-20(26)29-2/h3-10H,11H2,1-2H3,(H,23,25,26). The number of rotatable bonds is 5. The molecule has 0 atom stereocenters. The second-order valence-electron chi connectivity index (χ2n) is 6.35. The number of nitrogens with zero attached hydrogens (tertiary/aromatic N) is 2. The fourth-order valence-corrected chi connectivity index (χ4v) is 4.22. The molecule has 3 aromatic rings.